The quantitative estimate of drug-likeness (QED) is 0.906. The first-order chi connectivity index (χ1) is 12.0. The molecule has 2 aromatic heterocycles. The van der Waals surface area contributed by atoms with Crippen LogP contribution in [0.5, 0.6) is 0 Å². The summed E-state index contributed by atoms with van der Waals surface area (Å²) in [5.41, 5.74) is 0.240. The van der Waals surface area contributed by atoms with Crippen LogP contribution < -0.4 is 5.32 Å². The smallest absolute Gasteiger partial charge is 0.230 e. The molecule has 8 nitrogen and oxygen atoms in total. The largest absolute Gasteiger partial charge is 0.339 e. The zero-order chi connectivity index (χ0) is 18.0. The highest BCUT2D eigenvalue weighted by Crippen LogP contribution is 2.24. The summed E-state index contributed by atoms with van der Waals surface area (Å²) in [5.74, 6) is -0.0275. The van der Waals surface area contributed by atoms with Gasteiger partial charge in [0.1, 0.15) is 11.6 Å². The molecule has 1 unspecified atom stereocenters. The molecule has 1 aliphatic heterocycles. The summed E-state index contributed by atoms with van der Waals surface area (Å²) in [6, 6.07) is 7.35. The van der Waals surface area contributed by atoms with Crippen LogP contribution in [0.3, 0.4) is 0 Å². The maximum Gasteiger partial charge on any atom is 0.230 e. The van der Waals surface area contributed by atoms with Gasteiger partial charge in [-0.3, -0.25) is 9.59 Å². The van der Waals surface area contributed by atoms with Crippen molar-refractivity contribution in [3.63, 3.8) is 0 Å². The molecule has 0 aliphatic carbocycles. The molecular weight excluding hydrogens is 320 g/mol. The van der Waals surface area contributed by atoms with E-state index in [1.54, 1.807) is 29.3 Å². The van der Waals surface area contributed by atoms with Crippen LogP contribution in [0.4, 0.5) is 5.82 Å². The number of carbonyl (C=O) groups excluding carboxylic acids is 2. The van der Waals surface area contributed by atoms with Crippen LogP contribution >= 0.6 is 0 Å². The van der Waals surface area contributed by atoms with E-state index in [0.717, 1.165) is 0 Å². The molecule has 0 saturated carbocycles. The van der Waals surface area contributed by atoms with Crippen molar-refractivity contribution in [3.8, 4) is 11.9 Å². The van der Waals surface area contributed by atoms with Crippen LogP contribution in [0.25, 0.3) is 5.82 Å². The van der Waals surface area contributed by atoms with E-state index in [2.05, 4.69) is 15.4 Å². The Morgan fingerprint density at radius 1 is 1.44 bits per heavy atom. The molecule has 1 atom stereocenters. The number of anilines is 1. The van der Waals surface area contributed by atoms with Gasteiger partial charge >= 0.3 is 0 Å². The van der Waals surface area contributed by atoms with Gasteiger partial charge in [0.25, 0.3) is 0 Å². The van der Waals surface area contributed by atoms with Crippen molar-refractivity contribution in [2.45, 2.75) is 26.3 Å². The Morgan fingerprint density at radius 3 is 2.84 bits per heavy atom. The molecule has 0 spiro atoms. The Bertz CT molecular complexity index is 837. The van der Waals surface area contributed by atoms with Gasteiger partial charge in [-0.2, -0.15) is 15.0 Å². The summed E-state index contributed by atoms with van der Waals surface area (Å²) in [4.78, 5) is 30.5. The number of pyridine rings is 1. The molecule has 1 N–H and O–H groups in total. The lowest BCUT2D eigenvalue weighted by Gasteiger charge is -2.20. The SMILES string of the molecule is CC(C)N1CC(C(=O)Nc2c(C#N)cnn2-c2ccccn2)CC1=O. The second kappa shape index (κ2) is 6.73. The van der Waals surface area contributed by atoms with Crippen molar-refractivity contribution in [3.05, 3.63) is 36.2 Å². The minimum atomic E-state index is -0.450. The summed E-state index contributed by atoms with van der Waals surface area (Å²) < 4.78 is 1.41. The van der Waals surface area contributed by atoms with E-state index in [4.69, 9.17) is 0 Å². The fourth-order valence-electron chi connectivity index (χ4n) is 2.83. The van der Waals surface area contributed by atoms with Gasteiger partial charge < -0.3 is 10.2 Å². The fraction of sp³-hybridized carbons (Fsp3) is 0.353. The fourth-order valence-corrected chi connectivity index (χ4v) is 2.83. The lowest BCUT2D eigenvalue weighted by molar-refractivity contribution is -0.129. The number of nitrogens with zero attached hydrogens (tertiary/aromatic N) is 5. The van der Waals surface area contributed by atoms with Crippen LogP contribution in [-0.2, 0) is 9.59 Å². The molecule has 25 heavy (non-hydrogen) atoms. The number of nitriles is 1. The highest BCUT2D eigenvalue weighted by Gasteiger charge is 2.36. The minimum absolute atomic E-state index is 0.0334. The van der Waals surface area contributed by atoms with Gasteiger partial charge in [-0.1, -0.05) is 6.07 Å². The number of hydrogen-bond donors (Lipinski definition) is 1. The number of aromatic nitrogens is 3. The predicted octanol–water partition coefficient (Wildman–Crippen LogP) is 1.33. The first-order valence-corrected chi connectivity index (χ1v) is 8.01. The third-order valence-corrected chi connectivity index (χ3v) is 4.15. The Labute approximate surface area is 145 Å². The Hall–Kier alpha value is -3.21. The predicted molar refractivity (Wildman–Crippen MR) is 89.7 cm³/mol. The second-order valence-electron chi connectivity index (χ2n) is 6.15. The van der Waals surface area contributed by atoms with Crippen molar-refractivity contribution >= 4 is 17.6 Å². The molecule has 0 aromatic carbocycles. The maximum atomic E-state index is 12.6. The van der Waals surface area contributed by atoms with Gasteiger partial charge in [0.05, 0.1) is 12.1 Å². The van der Waals surface area contributed by atoms with Crippen molar-refractivity contribution in [2.75, 3.05) is 11.9 Å². The molecule has 3 rings (SSSR count). The van der Waals surface area contributed by atoms with E-state index in [-0.39, 0.29) is 35.7 Å². The summed E-state index contributed by atoms with van der Waals surface area (Å²) in [6.45, 7) is 4.21. The second-order valence-corrected chi connectivity index (χ2v) is 6.15. The number of carbonyl (C=O) groups is 2. The number of nitrogens with one attached hydrogen (secondary N) is 1. The van der Waals surface area contributed by atoms with Gasteiger partial charge in [0.2, 0.25) is 11.8 Å². The van der Waals surface area contributed by atoms with Crippen molar-refractivity contribution in [1.29, 1.82) is 5.26 Å². The van der Waals surface area contributed by atoms with Crippen LogP contribution in [-0.4, -0.2) is 44.1 Å². The normalized spacial score (nSPS) is 17.0. The number of likely N-dealkylation sites (tertiary alicyclic amines) is 1. The van der Waals surface area contributed by atoms with Crippen molar-refractivity contribution in [2.24, 2.45) is 5.92 Å². The first-order valence-electron chi connectivity index (χ1n) is 8.01. The van der Waals surface area contributed by atoms with E-state index in [9.17, 15) is 14.9 Å². The molecule has 0 radical (unpaired) electrons. The molecule has 1 aliphatic rings. The maximum absolute atomic E-state index is 12.6. The molecule has 1 fully saturated rings. The molecule has 128 valence electrons. The number of rotatable bonds is 4. The number of amides is 2. The van der Waals surface area contributed by atoms with Gasteiger partial charge in [-0.25, -0.2) is 4.98 Å². The van der Waals surface area contributed by atoms with E-state index in [0.29, 0.717) is 12.4 Å². The summed E-state index contributed by atoms with van der Waals surface area (Å²) in [7, 11) is 0. The monoisotopic (exact) mass is 338 g/mol. The van der Waals surface area contributed by atoms with Crippen LogP contribution in [0.2, 0.25) is 0 Å². The summed E-state index contributed by atoms with van der Waals surface area (Å²) in [5, 5.41) is 16.2. The number of hydrogen-bond acceptors (Lipinski definition) is 5. The molecule has 2 amide bonds. The molecular formula is C17H18N6O2. The first kappa shape index (κ1) is 16.6. The zero-order valence-electron chi connectivity index (χ0n) is 14.0. The third kappa shape index (κ3) is 3.21. The van der Waals surface area contributed by atoms with Crippen LogP contribution in [0, 0.1) is 17.2 Å². The summed E-state index contributed by atoms with van der Waals surface area (Å²) in [6.07, 6.45) is 3.15. The standard InChI is InChI=1S/C17H18N6O2/c1-11(2)22-10-12(7-15(22)24)17(25)21-16-13(8-18)9-20-23(16)14-5-3-4-6-19-14/h3-6,9,11-12H,7,10H2,1-2H3,(H,21,25). The average molecular weight is 338 g/mol. The van der Waals surface area contributed by atoms with E-state index < -0.39 is 5.92 Å². The van der Waals surface area contributed by atoms with Gasteiger partial charge in [0.15, 0.2) is 11.6 Å². The Kier molecular flexibility index (Phi) is 4.48. The highest BCUT2D eigenvalue weighted by molar-refractivity contribution is 5.97. The van der Waals surface area contributed by atoms with E-state index >= 15 is 0 Å². The Balaban J connectivity index is 1.84. The zero-order valence-corrected chi connectivity index (χ0v) is 14.0. The summed E-state index contributed by atoms with van der Waals surface area (Å²) >= 11 is 0. The van der Waals surface area contributed by atoms with Gasteiger partial charge in [-0.15, -0.1) is 0 Å². The topological polar surface area (TPSA) is 104 Å². The molecule has 0 bridgehead atoms. The average Bonchev–Trinajstić information content (AvgIpc) is 3.19. The van der Waals surface area contributed by atoms with Crippen LogP contribution in [0.15, 0.2) is 30.6 Å². The van der Waals surface area contributed by atoms with E-state index in [1.165, 1.54) is 10.9 Å². The molecule has 2 aromatic rings. The van der Waals surface area contributed by atoms with Gasteiger partial charge in [0, 0.05) is 25.2 Å². The van der Waals surface area contributed by atoms with Crippen molar-refractivity contribution < 1.29 is 9.59 Å². The minimum Gasteiger partial charge on any atom is -0.339 e. The van der Waals surface area contributed by atoms with Crippen LogP contribution in [0.1, 0.15) is 25.8 Å². The molecule has 3 heterocycles. The molecule has 1 saturated heterocycles. The lowest BCUT2D eigenvalue weighted by Crippen LogP contribution is -2.33. The van der Waals surface area contributed by atoms with E-state index in [1.807, 2.05) is 19.9 Å². The van der Waals surface area contributed by atoms with Gasteiger partial charge in [-0.05, 0) is 26.0 Å². The lowest BCUT2D eigenvalue weighted by atomic mass is 10.1. The highest BCUT2D eigenvalue weighted by atomic mass is 16.2. The third-order valence-electron chi connectivity index (χ3n) is 4.15. The molecule has 8 heteroatoms. The Morgan fingerprint density at radius 2 is 2.24 bits per heavy atom. The van der Waals surface area contributed by atoms with Crippen molar-refractivity contribution in [1.82, 2.24) is 19.7 Å².